The number of benzene rings is 2. The lowest BCUT2D eigenvalue weighted by Gasteiger charge is -2.09. The van der Waals surface area contributed by atoms with Crippen LogP contribution in [0.15, 0.2) is 79.3 Å². The number of aromatic nitrogens is 5. The largest absolute Gasteiger partial charge is 0.353 e. The number of anilines is 1. The summed E-state index contributed by atoms with van der Waals surface area (Å²) in [6, 6.07) is 18.2. The first kappa shape index (κ1) is 22.6. The second-order valence-corrected chi connectivity index (χ2v) is 9.25. The molecule has 6 rings (SSSR count). The fourth-order valence-electron chi connectivity index (χ4n) is 4.37. The van der Waals surface area contributed by atoms with E-state index in [1.54, 1.807) is 30.7 Å². The summed E-state index contributed by atoms with van der Waals surface area (Å²) in [6.07, 6.45) is 5.15. The lowest BCUT2D eigenvalue weighted by Crippen LogP contribution is -2.17. The Bertz CT molecular complexity index is 1770. The number of H-pyrrole nitrogens is 2. The molecule has 8 heteroatoms. The summed E-state index contributed by atoms with van der Waals surface area (Å²) in [5.41, 5.74) is 7.51. The smallest absolute Gasteiger partial charge is 0.226 e. The average Bonchev–Trinajstić information content (AvgIpc) is 3.53. The highest BCUT2D eigenvalue weighted by Crippen LogP contribution is 2.34. The number of nitrogens with zero attached hydrogens (tertiary/aromatic N) is 3. The number of pyridine rings is 2. The van der Waals surface area contributed by atoms with Crippen molar-refractivity contribution in [2.24, 2.45) is 5.92 Å². The molecular weight excluding hydrogens is 467 g/mol. The van der Waals surface area contributed by atoms with E-state index in [2.05, 4.69) is 36.5 Å². The van der Waals surface area contributed by atoms with Crippen LogP contribution in [0, 0.1) is 11.7 Å². The van der Waals surface area contributed by atoms with E-state index in [1.165, 1.54) is 12.1 Å². The molecular formula is C29H23FN6O. The van der Waals surface area contributed by atoms with Crippen LogP contribution in [0.1, 0.15) is 13.8 Å². The van der Waals surface area contributed by atoms with Crippen molar-refractivity contribution in [1.29, 1.82) is 0 Å². The molecule has 0 aliphatic rings. The Morgan fingerprint density at radius 3 is 2.46 bits per heavy atom. The maximum atomic E-state index is 13.5. The molecule has 0 unspecified atom stereocenters. The molecule has 0 atom stereocenters. The number of carbonyl (C=O) groups is 1. The second-order valence-electron chi connectivity index (χ2n) is 9.25. The van der Waals surface area contributed by atoms with E-state index in [9.17, 15) is 9.18 Å². The van der Waals surface area contributed by atoms with Crippen LogP contribution in [0.3, 0.4) is 0 Å². The number of carbonyl (C=O) groups excluding carboxylic acids is 1. The van der Waals surface area contributed by atoms with Crippen molar-refractivity contribution in [3.05, 3.63) is 85.1 Å². The van der Waals surface area contributed by atoms with Gasteiger partial charge in [0.2, 0.25) is 5.91 Å². The van der Waals surface area contributed by atoms with Gasteiger partial charge in [-0.05, 0) is 60.2 Å². The highest BCUT2D eigenvalue weighted by Gasteiger charge is 2.15. The molecule has 3 N–H and O–H groups in total. The molecule has 7 nitrogen and oxygen atoms in total. The van der Waals surface area contributed by atoms with Crippen molar-refractivity contribution in [2.75, 3.05) is 5.32 Å². The molecule has 6 aromatic rings. The summed E-state index contributed by atoms with van der Waals surface area (Å²) in [5, 5.41) is 12.5. The van der Waals surface area contributed by atoms with Gasteiger partial charge in [0.25, 0.3) is 0 Å². The Morgan fingerprint density at radius 1 is 0.865 bits per heavy atom. The molecule has 1 amide bonds. The van der Waals surface area contributed by atoms with E-state index in [4.69, 9.17) is 0 Å². The number of hydrogen-bond donors (Lipinski definition) is 3. The minimum Gasteiger partial charge on any atom is -0.353 e. The van der Waals surface area contributed by atoms with Gasteiger partial charge < -0.3 is 10.3 Å². The van der Waals surface area contributed by atoms with Gasteiger partial charge in [0.15, 0.2) is 0 Å². The minimum absolute atomic E-state index is 0.0557. The van der Waals surface area contributed by atoms with Crippen molar-refractivity contribution in [3.8, 4) is 33.8 Å². The average molecular weight is 491 g/mol. The van der Waals surface area contributed by atoms with Crippen molar-refractivity contribution in [1.82, 2.24) is 25.1 Å². The third kappa shape index (κ3) is 4.23. The van der Waals surface area contributed by atoms with Gasteiger partial charge in [-0.25, -0.2) is 4.39 Å². The summed E-state index contributed by atoms with van der Waals surface area (Å²) < 4.78 is 13.5. The zero-order valence-corrected chi connectivity index (χ0v) is 20.2. The van der Waals surface area contributed by atoms with E-state index in [0.717, 1.165) is 55.6 Å². The van der Waals surface area contributed by atoms with Crippen LogP contribution < -0.4 is 5.32 Å². The minimum atomic E-state index is -0.285. The fourth-order valence-corrected chi connectivity index (χ4v) is 4.37. The number of hydrogen-bond acceptors (Lipinski definition) is 4. The lowest BCUT2D eigenvalue weighted by molar-refractivity contribution is -0.118. The van der Waals surface area contributed by atoms with Gasteiger partial charge in [0.05, 0.1) is 28.8 Å². The van der Waals surface area contributed by atoms with Gasteiger partial charge in [0.1, 0.15) is 11.5 Å². The molecule has 0 radical (unpaired) electrons. The standard InChI is InChI=1S/C29H23FN6O/c1-16(2)29(37)33-21-11-19(14-31-15-21)18-5-8-25-22(12-18)28(36-35-25)26-13-23-24(34-26)9-10-32-27(23)17-3-6-20(30)7-4-17/h3-16,34H,1-2H3,(H,33,37)(H,35,36). The molecule has 0 bridgehead atoms. The van der Waals surface area contributed by atoms with Crippen LogP contribution in [0.2, 0.25) is 0 Å². The van der Waals surface area contributed by atoms with Crippen LogP contribution in [0.4, 0.5) is 10.1 Å². The molecule has 2 aromatic carbocycles. The zero-order valence-electron chi connectivity index (χ0n) is 20.2. The Hall–Kier alpha value is -4.85. The summed E-state index contributed by atoms with van der Waals surface area (Å²) in [4.78, 5) is 24.5. The van der Waals surface area contributed by atoms with E-state index < -0.39 is 0 Å². The van der Waals surface area contributed by atoms with Crippen molar-refractivity contribution in [2.45, 2.75) is 13.8 Å². The van der Waals surface area contributed by atoms with E-state index in [-0.39, 0.29) is 17.6 Å². The molecule has 37 heavy (non-hydrogen) atoms. The SMILES string of the molecule is CC(C)C(=O)Nc1cncc(-c2ccc3[nH]nc(-c4cc5c(-c6ccc(F)cc6)nccc5[nH]4)c3c2)c1. The number of rotatable bonds is 5. The topological polar surface area (TPSA) is 99.3 Å². The normalized spacial score (nSPS) is 11.5. The maximum Gasteiger partial charge on any atom is 0.226 e. The Balaban J connectivity index is 1.41. The number of halogens is 1. The predicted octanol–water partition coefficient (Wildman–Crippen LogP) is 6.57. The molecule has 0 fully saturated rings. The Labute approximate surface area is 211 Å². The maximum absolute atomic E-state index is 13.5. The summed E-state index contributed by atoms with van der Waals surface area (Å²) in [6.45, 7) is 3.70. The molecule has 0 saturated heterocycles. The molecule has 0 aliphatic carbocycles. The number of nitrogens with one attached hydrogen (secondary N) is 3. The van der Waals surface area contributed by atoms with Gasteiger partial charge in [0, 0.05) is 45.7 Å². The van der Waals surface area contributed by atoms with Crippen LogP contribution in [-0.2, 0) is 4.79 Å². The highest BCUT2D eigenvalue weighted by molar-refractivity contribution is 6.01. The Morgan fingerprint density at radius 2 is 1.65 bits per heavy atom. The number of fused-ring (bicyclic) bond motifs is 2. The zero-order chi connectivity index (χ0) is 25.5. The first-order valence-electron chi connectivity index (χ1n) is 11.9. The first-order chi connectivity index (χ1) is 18.0. The Kier molecular flexibility index (Phi) is 5.49. The van der Waals surface area contributed by atoms with Crippen LogP contribution in [-0.4, -0.2) is 31.1 Å². The lowest BCUT2D eigenvalue weighted by atomic mass is 10.0. The summed E-state index contributed by atoms with van der Waals surface area (Å²) in [5.74, 6) is -0.462. The van der Waals surface area contributed by atoms with Crippen LogP contribution in [0.25, 0.3) is 55.6 Å². The van der Waals surface area contributed by atoms with Gasteiger partial charge in [-0.2, -0.15) is 5.10 Å². The van der Waals surface area contributed by atoms with E-state index in [0.29, 0.717) is 5.69 Å². The molecule has 182 valence electrons. The second kappa shape index (κ2) is 8.98. The van der Waals surface area contributed by atoms with Gasteiger partial charge in [-0.3, -0.25) is 19.9 Å². The third-order valence-electron chi connectivity index (χ3n) is 6.35. The molecule has 0 saturated carbocycles. The van der Waals surface area contributed by atoms with Crippen LogP contribution >= 0.6 is 0 Å². The van der Waals surface area contributed by atoms with Crippen molar-refractivity contribution < 1.29 is 9.18 Å². The first-order valence-corrected chi connectivity index (χ1v) is 11.9. The monoisotopic (exact) mass is 490 g/mol. The van der Waals surface area contributed by atoms with E-state index in [1.807, 2.05) is 44.2 Å². The van der Waals surface area contributed by atoms with Crippen molar-refractivity contribution >= 4 is 33.4 Å². The predicted molar refractivity (Wildman–Crippen MR) is 143 cm³/mol. The molecule has 4 aromatic heterocycles. The number of aromatic amines is 2. The van der Waals surface area contributed by atoms with Crippen molar-refractivity contribution in [3.63, 3.8) is 0 Å². The molecule has 0 spiro atoms. The number of amides is 1. The van der Waals surface area contributed by atoms with Gasteiger partial charge in [-0.1, -0.05) is 19.9 Å². The molecule has 0 aliphatic heterocycles. The molecule has 4 heterocycles. The summed E-state index contributed by atoms with van der Waals surface area (Å²) in [7, 11) is 0. The van der Waals surface area contributed by atoms with Gasteiger partial charge >= 0.3 is 0 Å². The van der Waals surface area contributed by atoms with Gasteiger partial charge in [-0.15, -0.1) is 0 Å². The highest BCUT2D eigenvalue weighted by atomic mass is 19.1. The van der Waals surface area contributed by atoms with Crippen LogP contribution in [0.5, 0.6) is 0 Å². The fraction of sp³-hybridized carbons (Fsp3) is 0.103. The summed E-state index contributed by atoms with van der Waals surface area (Å²) >= 11 is 0. The third-order valence-corrected chi connectivity index (χ3v) is 6.35. The quantitative estimate of drug-likeness (QED) is 0.254. The van der Waals surface area contributed by atoms with E-state index >= 15 is 0 Å².